The lowest BCUT2D eigenvalue weighted by molar-refractivity contribution is 0.102. The third-order valence-corrected chi connectivity index (χ3v) is 3.71. The number of para-hydroxylation sites is 1. The maximum absolute atomic E-state index is 12.2. The van der Waals surface area contributed by atoms with E-state index in [9.17, 15) is 4.79 Å². The van der Waals surface area contributed by atoms with Crippen molar-refractivity contribution in [2.75, 3.05) is 5.32 Å². The number of nitrogens with one attached hydrogen (secondary N) is 1. The summed E-state index contributed by atoms with van der Waals surface area (Å²) < 4.78 is 0. The van der Waals surface area contributed by atoms with Gasteiger partial charge >= 0.3 is 0 Å². The number of hydrogen-bond donors (Lipinski definition) is 1. The Labute approximate surface area is 124 Å². The minimum Gasteiger partial charge on any atom is -0.322 e. The molecule has 104 valence electrons. The minimum atomic E-state index is -0.114. The number of benzene rings is 2. The highest BCUT2D eigenvalue weighted by Gasteiger charge is 2.12. The van der Waals surface area contributed by atoms with Gasteiger partial charge in [-0.2, -0.15) is 0 Å². The van der Waals surface area contributed by atoms with Gasteiger partial charge in [-0.1, -0.05) is 43.6 Å². The van der Waals surface area contributed by atoms with E-state index in [1.165, 1.54) is 0 Å². The quantitative estimate of drug-likeness (QED) is 0.832. The van der Waals surface area contributed by atoms with Gasteiger partial charge in [0.05, 0.1) is 0 Å². The van der Waals surface area contributed by atoms with E-state index in [4.69, 9.17) is 11.6 Å². The molecule has 1 amide bonds. The Hall–Kier alpha value is -1.80. The van der Waals surface area contributed by atoms with E-state index in [1.54, 1.807) is 24.3 Å². The summed E-state index contributed by atoms with van der Waals surface area (Å²) in [5.41, 5.74) is 2.65. The Morgan fingerprint density at radius 3 is 2.45 bits per heavy atom. The molecule has 0 fully saturated rings. The van der Waals surface area contributed by atoms with Gasteiger partial charge in [-0.3, -0.25) is 4.79 Å². The van der Waals surface area contributed by atoms with Gasteiger partial charge in [-0.05, 0) is 48.2 Å². The van der Waals surface area contributed by atoms with Crippen LogP contribution in [0.1, 0.15) is 42.1 Å². The van der Waals surface area contributed by atoms with Gasteiger partial charge in [0.1, 0.15) is 0 Å². The molecule has 1 N–H and O–H groups in total. The third kappa shape index (κ3) is 3.40. The fourth-order valence-corrected chi connectivity index (χ4v) is 2.18. The maximum atomic E-state index is 12.2. The third-order valence-electron chi connectivity index (χ3n) is 3.46. The zero-order chi connectivity index (χ0) is 14.5. The van der Waals surface area contributed by atoms with E-state index >= 15 is 0 Å². The molecular formula is C17H18ClNO. The zero-order valence-electron chi connectivity index (χ0n) is 11.7. The van der Waals surface area contributed by atoms with Crippen molar-refractivity contribution in [3.63, 3.8) is 0 Å². The lowest BCUT2D eigenvalue weighted by Gasteiger charge is -2.15. The van der Waals surface area contributed by atoms with E-state index in [2.05, 4.69) is 25.2 Å². The summed E-state index contributed by atoms with van der Waals surface area (Å²) in [4.78, 5) is 12.2. The molecule has 0 spiro atoms. The monoisotopic (exact) mass is 287 g/mol. The van der Waals surface area contributed by atoms with Crippen LogP contribution < -0.4 is 5.32 Å². The second kappa shape index (κ2) is 6.58. The Morgan fingerprint density at radius 1 is 1.15 bits per heavy atom. The number of anilines is 1. The molecule has 20 heavy (non-hydrogen) atoms. The SMILES string of the molecule is CC[C@@H](C)c1ccccc1NC(=O)c1ccc(Cl)cc1. The number of carbonyl (C=O) groups is 1. The molecule has 0 saturated carbocycles. The number of halogens is 1. The van der Waals surface area contributed by atoms with Gasteiger partial charge in [0.25, 0.3) is 5.91 Å². The van der Waals surface area contributed by atoms with E-state index in [0.717, 1.165) is 17.7 Å². The van der Waals surface area contributed by atoms with Crippen molar-refractivity contribution in [2.24, 2.45) is 0 Å². The van der Waals surface area contributed by atoms with Crippen molar-refractivity contribution in [3.05, 3.63) is 64.7 Å². The van der Waals surface area contributed by atoms with Gasteiger partial charge in [0, 0.05) is 16.3 Å². The lowest BCUT2D eigenvalue weighted by atomic mass is 9.97. The van der Waals surface area contributed by atoms with Crippen molar-refractivity contribution in [1.82, 2.24) is 0 Å². The molecule has 1 atom stereocenters. The first-order valence-corrected chi connectivity index (χ1v) is 7.15. The Bertz CT molecular complexity index is 592. The molecule has 2 nitrogen and oxygen atoms in total. The molecule has 2 aromatic rings. The summed E-state index contributed by atoms with van der Waals surface area (Å²) in [6.45, 7) is 4.30. The van der Waals surface area contributed by atoms with Gasteiger partial charge < -0.3 is 5.32 Å². The summed E-state index contributed by atoms with van der Waals surface area (Å²) in [5, 5.41) is 3.61. The van der Waals surface area contributed by atoms with Crippen LogP contribution in [0.5, 0.6) is 0 Å². The fourth-order valence-electron chi connectivity index (χ4n) is 2.06. The highest BCUT2D eigenvalue weighted by atomic mass is 35.5. The van der Waals surface area contributed by atoms with Crippen molar-refractivity contribution in [1.29, 1.82) is 0 Å². The summed E-state index contributed by atoms with van der Waals surface area (Å²) in [5.74, 6) is 0.300. The van der Waals surface area contributed by atoms with Gasteiger partial charge in [-0.25, -0.2) is 0 Å². The standard InChI is InChI=1S/C17H18ClNO/c1-3-12(2)15-6-4-5-7-16(15)19-17(20)13-8-10-14(18)11-9-13/h4-12H,3H2,1-2H3,(H,19,20)/t12-/m1/s1. The predicted octanol–water partition coefficient (Wildman–Crippen LogP) is 5.11. The van der Waals surface area contributed by atoms with Gasteiger partial charge in [0.15, 0.2) is 0 Å². The molecule has 0 aliphatic heterocycles. The smallest absolute Gasteiger partial charge is 0.255 e. The molecule has 2 rings (SSSR count). The predicted molar refractivity (Wildman–Crippen MR) is 84.6 cm³/mol. The fraction of sp³-hybridized carbons (Fsp3) is 0.235. The second-order valence-corrected chi connectivity index (χ2v) is 5.29. The highest BCUT2D eigenvalue weighted by Crippen LogP contribution is 2.26. The van der Waals surface area contributed by atoms with Crippen molar-refractivity contribution in [2.45, 2.75) is 26.2 Å². The van der Waals surface area contributed by atoms with Crippen molar-refractivity contribution < 1.29 is 4.79 Å². The molecule has 0 radical (unpaired) electrons. The normalized spacial score (nSPS) is 11.9. The lowest BCUT2D eigenvalue weighted by Crippen LogP contribution is -2.13. The van der Waals surface area contributed by atoms with Crippen LogP contribution >= 0.6 is 11.6 Å². The first kappa shape index (κ1) is 14.6. The van der Waals surface area contributed by atoms with E-state index in [-0.39, 0.29) is 5.91 Å². The molecule has 0 unspecified atom stereocenters. The van der Waals surface area contributed by atoms with Crippen LogP contribution in [0.25, 0.3) is 0 Å². The Balaban J connectivity index is 2.21. The molecule has 0 aliphatic carbocycles. The number of rotatable bonds is 4. The Morgan fingerprint density at radius 2 is 1.80 bits per heavy atom. The van der Waals surface area contributed by atoms with Crippen LogP contribution in [-0.2, 0) is 0 Å². The number of amides is 1. The molecule has 3 heteroatoms. The van der Waals surface area contributed by atoms with E-state index in [1.807, 2.05) is 18.2 Å². The summed E-state index contributed by atoms with van der Waals surface area (Å²) in [6, 6.07) is 14.8. The van der Waals surface area contributed by atoms with Crippen LogP contribution in [-0.4, -0.2) is 5.91 Å². The highest BCUT2D eigenvalue weighted by molar-refractivity contribution is 6.30. The van der Waals surface area contributed by atoms with Crippen LogP contribution in [0.4, 0.5) is 5.69 Å². The van der Waals surface area contributed by atoms with Gasteiger partial charge in [-0.15, -0.1) is 0 Å². The molecule has 0 heterocycles. The molecule has 0 bridgehead atoms. The zero-order valence-corrected chi connectivity index (χ0v) is 12.4. The first-order chi connectivity index (χ1) is 9.61. The molecule has 0 aliphatic rings. The average molecular weight is 288 g/mol. The Kier molecular flexibility index (Phi) is 4.80. The minimum absolute atomic E-state index is 0.114. The first-order valence-electron chi connectivity index (χ1n) is 6.77. The topological polar surface area (TPSA) is 29.1 Å². The molecule has 0 saturated heterocycles. The molecule has 2 aromatic carbocycles. The number of hydrogen-bond acceptors (Lipinski definition) is 1. The van der Waals surface area contributed by atoms with Crippen LogP contribution in [0, 0.1) is 0 Å². The van der Waals surface area contributed by atoms with Crippen molar-refractivity contribution in [3.8, 4) is 0 Å². The van der Waals surface area contributed by atoms with Crippen LogP contribution in [0.3, 0.4) is 0 Å². The molecule has 0 aromatic heterocycles. The summed E-state index contributed by atoms with van der Waals surface area (Å²) >= 11 is 5.83. The van der Waals surface area contributed by atoms with Crippen LogP contribution in [0.15, 0.2) is 48.5 Å². The van der Waals surface area contributed by atoms with Crippen molar-refractivity contribution >= 4 is 23.2 Å². The van der Waals surface area contributed by atoms with Crippen LogP contribution in [0.2, 0.25) is 5.02 Å². The second-order valence-electron chi connectivity index (χ2n) is 4.86. The average Bonchev–Trinajstić information content (AvgIpc) is 2.47. The largest absolute Gasteiger partial charge is 0.322 e. The van der Waals surface area contributed by atoms with E-state index in [0.29, 0.717) is 16.5 Å². The van der Waals surface area contributed by atoms with E-state index < -0.39 is 0 Å². The number of carbonyl (C=O) groups excluding carboxylic acids is 1. The summed E-state index contributed by atoms with van der Waals surface area (Å²) in [7, 11) is 0. The molecular weight excluding hydrogens is 270 g/mol. The van der Waals surface area contributed by atoms with Gasteiger partial charge in [0.2, 0.25) is 0 Å². The maximum Gasteiger partial charge on any atom is 0.255 e. The summed E-state index contributed by atoms with van der Waals surface area (Å²) in [6.07, 6.45) is 1.04.